The van der Waals surface area contributed by atoms with Gasteiger partial charge in [0.1, 0.15) is 23.1 Å². The number of aliphatic hydroxyl groups excluding tert-OH is 1. The highest BCUT2D eigenvalue weighted by Crippen LogP contribution is 2.36. The molecule has 4 aromatic rings. The first-order valence-electron chi connectivity index (χ1n) is 18.3. The molecule has 0 spiro atoms. The highest BCUT2D eigenvalue weighted by Gasteiger charge is 2.48. The lowest BCUT2D eigenvalue weighted by Gasteiger charge is -2.46. The van der Waals surface area contributed by atoms with Gasteiger partial charge in [0.2, 0.25) is 0 Å². The molecule has 1 aliphatic rings. The molecule has 58 heavy (non-hydrogen) atoms. The van der Waals surface area contributed by atoms with E-state index in [0.29, 0.717) is 16.2 Å². The van der Waals surface area contributed by atoms with Crippen LogP contribution in [0.2, 0.25) is 5.15 Å². The second-order valence-corrected chi connectivity index (χ2v) is 17.4. The summed E-state index contributed by atoms with van der Waals surface area (Å²) in [6.07, 6.45) is -6.30. The molecule has 0 aromatic carbocycles. The Balaban J connectivity index is 1.68. The summed E-state index contributed by atoms with van der Waals surface area (Å²) in [6, 6.07) is 4.12. The molecular weight excluding hydrogens is 787 g/mol. The van der Waals surface area contributed by atoms with Crippen molar-refractivity contribution in [3.63, 3.8) is 0 Å². The number of imidazole rings is 1. The Hall–Kier alpha value is -5.30. The minimum absolute atomic E-state index is 0.00768. The maximum Gasteiger partial charge on any atom is 0.425 e. The third-order valence-corrected chi connectivity index (χ3v) is 9.15. The molecule has 1 saturated heterocycles. The fourth-order valence-corrected chi connectivity index (χ4v) is 6.49. The molecule has 2 atom stereocenters. The molecule has 5 heterocycles. The number of aromatic nitrogens is 6. The van der Waals surface area contributed by atoms with Gasteiger partial charge in [-0.3, -0.25) is 4.98 Å². The number of rotatable bonds is 8. The first kappa shape index (κ1) is 43.8. The van der Waals surface area contributed by atoms with E-state index in [4.69, 9.17) is 26.1 Å². The summed E-state index contributed by atoms with van der Waals surface area (Å²) in [6.45, 7) is 14.9. The summed E-state index contributed by atoms with van der Waals surface area (Å²) in [5.41, 5.74) is -3.25. The van der Waals surface area contributed by atoms with Crippen LogP contribution in [0.25, 0.3) is 22.6 Å². The third-order valence-electron chi connectivity index (χ3n) is 8.89. The zero-order chi connectivity index (χ0) is 43.1. The molecule has 2 unspecified atom stereocenters. The number of carboxylic acid groups (broad SMARTS) is 1. The van der Waals surface area contributed by atoms with Crippen molar-refractivity contribution in [1.29, 1.82) is 0 Å². The van der Waals surface area contributed by atoms with Crippen molar-refractivity contribution >= 4 is 52.5 Å². The Bertz CT molecular complexity index is 2200. The van der Waals surface area contributed by atoms with Gasteiger partial charge in [0.25, 0.3) is 6.43 Å². The van der Waals surface area contributed by atoms with Crippen molar-refractivity contribution in [2.75, 3.05) is 22.9 Å². The van der Waals surface area contributed by atoms with Gasteiger partial charge in [-0.2, -0.15) is 4.90 Å². The molecule has 3 N–H and O–H groups in total. The molecule has 0 radical (unpaired) electrons. The zero-order valence-corrected chi connectivity index (χ0v) is 34.4. The van der Waals surface area contributed by atoms with Crippen molar-refractivity contribution in [1.82, 2.24) is 34.8 Å². The van der Waals surface area contributed by atoms with E-state index in [1.807, 2.05) is 0 Å². The lowest BCUT2D eigenvalue weighted by Crippen LogP contribution is -2.67. The number of fused-ring (bicyclic) bond motifs is 1. The monoisotopic (exact) mass is 833 g/mol. The lowest BCUT2D eigenvalue weighted by molar-refractivity contribution is -0.0664. The number of anilines is 2. The van der Waals surface area contributed by atoms with E-state index in [1.165, 1.54) is 18.6 Å². The summed E-state index contributed by atoms with van der Waals surface area (Å²) in [7, 11) is 0. The van der Waals surface area contributed by atoms with Gasteiger partial charge in [-0.25, -0.2) is 47.5 Å². The molecule has 0 bridgehead atoms. The van der Waals surface area contributed by atoms with Crippen molar-refractivity contribution in [3.8, 4) is 11.4 Å². The summed E-state index contributed by atoms with van der Waals surface area (Å²) in [4.78, 5) is 63.3. The van der Waals surface area contributed by atoms with E-state index < -0.39 is 63.9 Å². The number of halogens is 4. The minimum atomic E-state index is -3.22. The largest absolute Gasteiger partial charge is 0.464 e. The van der Waals surface area contributed by atoms with Crippen LogP contribution < -0.4 is 15.1 Å². The molecule has 16 nitrogen and oxygen atoms in total. The Morgan fingerprint density at radius 2 is 1.67 bits per heavy atom. The van der Waals surface area contributed by atoms with E-state index in [0.717, 1.165) is 6.07 Å². The summed E-state index contributed by atoms with van der Waals surface area (Å²) in [5.74, 6) is -0.924. The smallest absolute Gasteiger partial charge is 0.425 e. The van der Waals surface area contributed by atoms with E-state index >= 15 is 0 Å². The number of ether oxygens (including phenoxy) is 2. The van der Waals surface area contributed by atoms with Crippen molar-refractivity contribution < 1.29 is 47.2 Å². The number of aliphatic hydroxyl groups is 1. The van der Waals surface area contributed by atoms with Crippen LogP contribution in [-0.2, 0) is 21.4 Å². The Kier molecular flexibility index (Phi) is 12.2. The highest BCUT2D eigenvalue weighted by atomic mass is 35.5. The number of carbonyl (C=O) groups is 3. The number of piperidine rings is 1. The normalized spacial score (nSPS) is 17.0. The number of amides is 3. The number of pyridine rings is 2. The Labute approximate surface area is 337 Å². The number of carbonyl (C=O) groups excluding carboxylic acids is 2. The Morgan fingerprint density at radius 3 is 2.26 bits per heavy atom. The molecule has 1 aliphatic heterocycles. The summed E-state index contributed by atoms with van der Waals surface area (Å²) < 4.78 is 55.2. The first-order chi connectivity index (χ1) is 26.8. The van der Waals surface area contributed by atoms with Crippen LogP contribution >= 0.6 is 11.6 Å². The number of hydrogen-bond acceptors (Lipinski definition) is 12. The molecule has 0 aliphatic carbocycles. The van der Waals surface area contributed by atoms with Gasteiger partial charge in [0.05, 0.1) is 41.7 Å². The third kappa shape index (κ3) is 9.86. The van der Waals surface area contributed by atoms with Crippen LogP contribution in [0.4, 0.5) is 39.1 Å². The highest BCUT2D eigenvalue weighted by molar-refractivity contribution is 6.29. The van der Waals surface area contributed by atoms with Gasteiger partial charge in [0.15, 0.2) is 28.0 Å². The maximum atomic E-state index is 14.3. The molecule has 4 aromatic heterocycles. The van der Waals surface area contributed by atoms with E-state index in [9.17, 15) is 37.8 Å². The number of alkyl carbamates (subject to hydrolysis) is 1. The Morgan fingerprint density at radius 1 is 1.00 bits per heavy atom. The van der Waals surface area contributed by atoms with E-state index in [1.54, 1.807) is 77.8 Å². The van der Waals surface area contributed by atoms with Crippen LogP contribution in [0, 0.1) is 5.82 Å². The second-order valence-electron chi connectivity index (χ2n) is 17.0. The van der Waals surface area contributed by atoms with Crippen molar-refractivity contribution in [2.24, 2.45) is 0 Å². The number of nitrogens with one attached hydrogen (secondary N) is 1. The zero-order valence-electron chi connectivity index (χ0n) is 33.6. The van der Waals surface area contributed by atoms with Crippen LogP contribution in [0.5, 0.6) is 0 Å². The quantitative estimate of drug-likeness (QED) is 0.149. The molecule has 314 valence electrons. The second kappa shape index (κ2) is 16.2. The molecule has 3 amide bonds. The molecule has 5 rings (SSSR count). The molecule has 0 saturated carbocycles. The van der Waals surface area contributed by atoms with Crippen molar-refractivity contribution in [3.05, 3.63) is 53.1 Å². The van der Waals surface area contributed by atoms with Crippen LogP contribution in [0.1, 0.15) is 86.5 Å². The number of alkyl halides is 2. The predicted molar refractivity (Wildman–Crippen MR) is 208 cm³/mol. The summed E-state index contributed by atoms with van der Waals surface area (Å²) >= 11 is 6.02. The van der Waals surface area contributed by atoms with E-state index in [2.05, 4.69) is 25.3 Å². The van der Waals surface area contributed by atoms with Gasteiger partial charge < -0.3 is 34.5 Å². The average Bonchev–Trinajstić information content (AvgIpc) is 3.49. The van der Waals surface area contributed by atoms with Crippen LogP contribution in [0.15, 0.2) is 30.7 Å². The topological polar surface area (TPSA) is 198 Å². The van der Waals surface area contributed by atoms with E-state index in [-0.39, 0.29) is 66.7 Å². The minimum Gasteiger partial charge on any atom is -0.464 e. The number of hydrogen-bond donors (Lipinski definition) is 3. The fraction of sp³-hybridized carbons (Fsp3) is 0.526. The maximum absolute atomic E-state index is 14.3. The van der Waals surface area contributed by atoms with Crippen LogP contribution in [0.3, 0.4) is 0 Å². The first-order valence-corrected chi connectivity index (χ1v) is 18.7. The lowest BCUT2D eigenvalue weighted by atomic mass is 9.83. The number of imide groups is 1. The standard InChI is InChI=1S/C38H47ClF3N9O7/c1-35(2,3)31-46-29-25(30(47-31)51(33(54)55)34(56)58-37(7,8)9)44-19-50(29)17-20-15-23(22-12-11-21(40)27(39)45-22)43-16-24(20)49-14-10-13-38(18-49,26(52)28(41)42)48-32(53)57-36(4,5)6/h11-12,15-16,19,26,28,52H,10,13-14,17-18H2,1-9H3,(H,48,53)(H,54,55). The molecule has 20 heteroatoms. The SMILES string of the molecule is CC(C)(C)OC(=O)NC1(C(O)C(F)F)CCCN(c2cnc(-c3ccc(F)c(Cl)n3)cc2Cn2cnc3c(N(C(=O)O)C(=O)OC(C)(C)C)nc(C(C)(C)C)nc32)C1. The van der Waals surface area contributed by atoms with Gasteiger partial charge in [-0.05, 0) is 78.1 Å². The average molecular weight is 834 g/mol. The van der Waals surface area contributed by atoms with Gasteiger partial charge in [0, 0.05) is 18.5 Å². The predicted octanol–water partition coefficient (Wildman–Crippen LogP) is 7.33. The van der Waals surface area contributed by atoms with Crippen LogP contribution in [-0.4, -0.2) is 100 Å². The fourth-order valence-electron chi connectivity index (χ4n) is 6.34. The van der Waals surface area contributed by atoms with Gasteiger partial charge in [-0.15, -0.1) is 0 Å². The van der Waals surface area contributed by atoms with Gasteiger partial charge >= 0.3 is 18.3 Å². The molecular formula is C38H47ClF3N9O7. The number of nitrogens with zero attached hydrogens (tertiary/aromatic N) is 8. The van der Waals surface area contributed by atoms with Crippen molar-refractivity contribution in [2.45, 2.75) is 116 Å². The molecule has 1 fully saturated rings. The summed E-state index contributed by atoms with van der Waals surface area (Å²) in [5, 5.41) is 23.3. The van der Waals surface area contributed by atoms with Gasteiger partial charge in [-0.1, -0.05) is 32.4 Å².